The SMILES string of the molecule is CCOC1CCC(CS)(C(=O)N[C@@H](Cc2ccccc2)C(=O)Nc2ccc(Cl)cc2)CC1. The molecular weight excluding hydrogens is 444 g/mol. The highest BCUT2D eigenvalue weighted by molar-refractivity contribution is 7.80. The number of rotatable bonds is 9. The molecule has 2 amide bonds. The molecule has 1 fully saturated rings. The van der Waals surface area contributed by atoms with Crippen LogP contribution in [0.25, 0.3) is 0 Å². The van der Waals surface area contributed by atoms with Crippen LogP contribution in [-0.2, 0) is 20.7 Å². The Kier molecular flexibility index (Phi) is 9.02. The van der Waals surface area contributed by atoms with Crippen molar-refractivity contribution in [3.05, 3.63) is 65.2 Å². The standard InChI is InChI=1S/C25H31ClN2O3S/c1-2-31-21-12-14-25(17-32,15-13-21)24(30)28-22(16-18-6-4-3-5-7-18)23(29)27-20-10-8-19(26)9-11-20/h3-11,21-22,32H,2,12-17H2,1H3,(H,27,29)(H,28,30)/t21?,22-,25?/m0/s1. The topological polar surface area (TPSA) is 67.4 Å². The number of carbonyl (C=O) groups excluding carboxylic acids is 2. The van der Waals surface area contributed by atoms with Gasteiger partial charge in [-0.15, -0.1) is 0 Å². The fraction of sp³-hybridized carbons (Fsp3) is 0.440. The van der Waals surface area contributed by atoms with E-state index < -0.39 is 11.5 Å². The van der Waals surface area contributed by atoms with Gasteiger partial charge in [0.1, 0.15) is 6.04 Å². The molecule has 1 aliphatic carbocycles. The predicted molar refractivity (Wildman–Crippen MR) is 132 cm³/mol. The quantitative estimate of drug-likeness (QED) is 0.453. The van der Waals surface area contributed by atoms with Crippen molar-refractivity contribution in [1.82, 2.24) is 5.32 Å². The first-order valence-electron chi connectivity index (χ1n) is 11.1. The first kappa shape index (κ1) is 24.6. The van der Waals surface area contributed by atoms with E-state index in [2.05, 4.69) is 23.3 Å². The number of nitrogens with one attached hydrogen (secondary N) is 2. The number of ether oxygens (including phenoxy) is 1. The molecule has 172 valence electrons. The van der Waals surface area contributed by atoms with Crippen molar-refractivity contribution >= 4 is 41.7 Å². The van der Waals surface area contributed by atoms with Gasteiger partial charge in [0.05, 0.1) is 11.5 Å². The summed E-state index contributed by atoms with van der Waals surface area (Å²) in [5.41, 5.74) is 1.02. The van der Waals surface area contributed by atoms with Crippen molar-refractivity contribution in [2.75, 3.05) is 17.7 Å². The molecule has 0 heterocycles. The van der Waals surface area contributed by atoms with E-state index in [0.717, 1.165) is 18.4 Å². The third-order valence-electron chi connectivity index (χ3n) is 6.09. The van der Waals surface area contributed by atoms with Gasteiger partial charge in [-0.2, -0.15) is 12.6 Å². The average molecular weight is 475 g/mol. The molecule has 0 aliphatic heterocycles. The van der Waals surface area contributed by atoms with E-state index in [4.69, 9.17) is 16.3 Å². The highest BCUT2D eigenvalue weighted by atomic mass is 35.5. The van der Waals surface area contributed by atoms with Crippen LogP contribution in [0.3, 0.4) is 0 Å². The zero-order valence-electron chi connectivity index (χ0n) is 18.4. The molecule has 1 aliphatic rings. The second kappa shape index (κ2) is 11.7. The molecule has 1 atom stereocenters. The average Bonchev–Trinajstić information content (AvgIpc) is 2.81. The van der Waals surface area contributed by atoms with E-state index in [9.17, 15) is 9.59 Å². The summed E-state index contributed by atoms with van der Waals surface area (Å²) in [6, 6.07) is 15.9. The summed E-state index contributed by atoms with van der Waals surface area (Å²) < 4.78 is 5.74. The molecule has 5 nitrogen and oxygen atoms in total. The Hall–Kier alpha value is -2.02. The van der Waals surface area contributed by atoms with Crippen LogP contribution >= 0.6 is 24.2 Å². The fourth-order valence-electron chi connectivity index (χ4n) is 4.14. The van der Waals surface area contributed by atoms with Gasteiger partial charge in [0, 0.05) is 29.5 Å². The van der Waals surface area contributed by atoms with Gasteiger partial charge in [0.15, 0.2) is 0 Å². The Morgan fingerprint density at radius 1 is 1.12 bits per heavy atom. The molecule has 0 radical (unpaired) electrons. The fourth-order valence-corrected chi connectivity index (χ4v) is 4.72. The Morgan fingerprint density at radius 2 is 1.78 bits per heavy atom. The zero-order chi connectivity index (χ0) is 23.0. The number of thiol groups is 1. The highest BCUT2D eigenvalue weighted by Gasteiger charge is 2.42. The predicted octanol–water partition coefficient (Wildman–Crippen LogP) is 4.90. The van der Waals surface area contributed by atoms with Crippen LogP contribution in [0.1, 0.15) is 38.2 Å². The second-order valence-electron chi connectivity index (χ2n) is 8.31. The lowest BCUT2D eigenvalue weighted by Crippen LogP contribution is -2.53. The summed E-state index contributed by atoms with van der Waals surface area (Å²) in [6.45, 7) is 2.66. The maximum atomic E-state index is 13.4. The van der Waals surface area contributed by atoms with Gasteiger partial charge in [-0.3, -0.25) is 9.59 Å². The summed E-state index contributed by atoms with van der Waals surface area (Å²) in [7, 11) is 0. The molecule has 32 heavy (non-hydrogen) atoms. The van der Waals surface area contributed by atoms with Gasteiger partial charge in [-0.1, -0.05) is 41.9 Å². The number of benzene rings is 2. The molecule has 2 aromatic carbocycles. The summed E-state index contributed by atoms with van der Waals surface area (Å²) >= 11 is 10.5. The van der Waals surface area contributed by atoms with Gasteiger partial charge < -0.3 is 15.4 Å². The van der Waals surface area contributed by atoms with Gasteiger partial charge >= 0.3 is 0 Å². The van der Waals surface area contributed by atoms with E-state index in [1.165, 1.54) is 0 Å². The van der Waals surface area contributed by atoms with E-state index >= 15 is 0 Å². The molecule has 2 N–H and O–H groups in total. The lowest BCUT2D eigenvalue weighted by Gasteiger charge is -2.38. The lowest BCUT2D eigenvalue weighted by atomic mass is 9.73. The minimum Gasteiger partial charge on any atom is -0.379 e. The minimum atomic E-state index is -0.707. The maximum Gasteiger partial charge on any atom is 0.247 e. The van der Waals surface area contributed by atoms with Crippen molar-refractivity contribution < 1.29 is 14.3 Å². The molecule has 0 spiro atoms. The van der Waals surface area contributed by atoms with Crippen LogP contribution in [0.4, 0.5) is 5.69 Å². The van der Waals surface area contributed by atoms with Crippen molar-refractivity contribution in [2.45, 2.75) is 51.2 Å². The molecular formula is C25H31ClN2O3S. The molecule has 0 saturated heterocycles. The zero-order valence-corrected chi connectivity index (χ0v) is 20.0. The van der Waals surface area contributed by atoms with Gasteiger partial charge in [0.25, 0.3) is 0 Å². The van der Waals surface area contributed by atoms with Crippen LogP contribution in [0, 0.1) is 5.41 Å². The van der Waals surface area contributed by atoms with Crippen molar-refractivity contribution in [3.63, 3.8) is 0 Å². The van der Waals surface area contributed by atoms with Crippen LogP contribution < -0.4 is 10.6 Å². The Morgan fingerprint density at radius 3 is 2.38 bits per heavy atom. The second-order valence-corrected chi connectivity index (χ2v) is 9.06. The van der Waals surface area contributed by atoms with E-state index in [1.807, 2.05) is 37.3 Å². The van der Waals surface area contributed by atoms with Crippen LogP contribution in [-0.4, -0.2) is 36.3 Å². The molecule has 0 aromatic heterocycles. The normalized spacial score (nSPS) is 21.5. The summed E-state index contributed by atoms with van der Waals surface area (Å²) in [5.74, 6) is 0.0608. The van der Waals surface area contributed by atoms with Crippen LogP contribution in [0.15, 0.2) is 54.6 Å². The third-order valence-corrected chi connectivity index (χ3v) is 6.95. The minimum absolute atomic E-state index is 0.116. The Labute approximate surface area is 200 Å². The number of carbonyl (C=O) groups is 2. The monoisotopic (exact) mass is 474 g/mol. The van der Waals surface area contributed by atoms with E-state index in [0.29, 0.717) is 42.3 Å². The van der Waals surface area contributed by atoms with Gasteiger partial charge in [-0.05, 0) is 62.4 Å². The molecule has 0 unspecified atom stereocenters. The summed E-state index contributed by atoms with van der Waals surface area (Å²) in [4.78, 5) is 26.6. The number of anilines is 1. The van der Waals surface area contributed by atoms with Gasteiger partial charge in [0.2, 0.25) is 11.8 Å². The van der Waals surface area contributed by atoms with Crippen LogP contribution in [0.5, 0.6) is 0 Å². The highest BCUT2D eigenvalue weighted by Crippen LogP contribution is 2.39. The molecule has 1 saturated carbocycles. The van der Waals surface area contributed by atoms with Crippen LogP contribution in [0.2, 0.25) is 5.02 Å². The van der Waals surface area contributed by atoms with E-state index in [-0.39, 0.29) is 17.9 Å². The molecule has 3 rings (SSSR count). The lowest BCUT2D eigenvalue weighted by molar-refractivity contribution is -0.136. The van der Waals surface area contributed by atoms with Crippen molar-refractivity contribution in [2.24, 2.45) is 5.41 Å². The molecule has 7 heteroatoms. The van der Waals surface area contributed by atoms with Gasteiger partial charge in [-0.25, -0.2) is 0 Å². The number of amides is 2. The van der Waals surface area contributed by atoms with E-state index in [1.54, 1.807) is 24.3 Å². The summed E-state index contributed by atoms with van der Waals surface area (Å²) in [6.07, 6.45) is 3.63. The first-order valence-corrected chi connectivity index (χ1v) is 12.1. The summed E-state index contributed by atoms with van der Waals surface area (Å²) in [5, 5.41) is 6.53. The molecule has 0 bridgehead atoms. The Bertz CT molecular complexity index is 884. The Balaban J connectivity index is 1.74. The van der Waals surface area contributed by atoms with Crippen molar-refractivity contribution in [1.29, 1.82) is 0 Å². The molecule has 2 aromatic rings. The maximum absolute atomic E-state index is 13.4. The number of hydrogen-bond acceptors (Lipinski definition) is 4. The number of halogens is 1. The third kappa shape index (κ3) is 6.50. The number of hydrogen-bond donors (Lipinski definition) is 3. The smallest absolute Gasteiger partial charge is 0.247 e. The first-order chi connectivity index (χ1) is 15.5. The van der Waals surface area contributed by atoms with Crippen molar-refractivity contribution in [3.8, 4) is 0 Å². The largest absolute Gasteiger partial charge is 0.379 e.